The van der Waals surface area contributed by atoms with Crippen LogP contribution in [0.25, 0.3) is 65.3 Å². The number of fused-ring (bicyclic) bond motifs is 2. The molecule has 33 heavy (non-hydrogen) atoms. The molecule has 0 aliphatic carbocycles. The highest BCUT2D eigenvalue weighted by atomic mass is 14.2. The van der Waals surface area contributed by atoms with Crippen LogP contribution in [0.15, 0.2) is 115 Å². The normalized spacial score (nSPS) is 11.8. The van der Waals surface area contributed by atoms with Crippen molar-refractivity contribution in [1.82, 2.24) is 0 Å². The smallest absolute Gasteiger partial charge is 0.000766 e. The molecule has 0 heteroatoms. The van der Waals surface area contributed by atoms with Gasteiger partial charge in [-0.3, -0.25) is 0 Å². The highest BCUT2D eigenvalue weighted by molar-refractivity contribution is 6.37. The number of aryl methyl sites for hydroxylation is 1. The molecule has 0 aliphatic heterocycles. The van der Waals surface area contributed by atoms with Crippen molar-refractivity contribution in [2.45, 2.75) is 6.92 Å². The second kappa shape index (κ2) is 6.92. The van der Waals surface area contributed by atoms with Crippen molar-refractivity contribution in [3.05, 3.63) is 121 Å². The van der Waals surface area contributed by atoms with Gasteiger partial charge in [0.1, 0.15) is 0 Å². The predicted molar refractivity (Wildman–Crippen MR) is 143 cm³/mol. The first-order valence-corrected chi connectivity index (χ1v) is 11.6. The van der Waals surface area contributed by atoms with Gasteiger partial charge in [-0.05, 0) is 77.8 Å². The average molecular weight is 419 g/mol. The molecule has 7 aromatic rings. The fourth-order valence-electron chi connectivity index (χ4n) is 5.83. The quantitative estimate of drug-likeness (QED) is 0.194. The predicted octanol–water partition coefficient (Wildman–Crippen LogP) is 9.38. The molecule has 0 N–H and O–H groups in total. The molecular weight excluding hydrogens is 396 g/mol. The van der Waals surface area contributed by atoms with Crippen molar-refractivity contribution in [3.63, 3.8) is 0 Å². The Bertz CT molecular complexity index is 1790. The molecule has 0 amide bonds. The highest BCUT2D eigenvalue weighted by Crippen LogP contribution is 2.49. The van der Waals surface area contributed by atoms with E-state index < -0.39 is 0 Å². The molecule has 0 radical (unpaired) electrons. The second-order valence-corrected chi connectivity index (χ2v) is 8.92. The Morgan fingerprint density at radius 3 is 1.55 bits per heavy atom. The lowest BCUT2D eigenvalue weighted by Gasteiger charge is -2.23. The van der Waals surface area contributed by atoms with Crippen molar-refractivity contribution >= 4 is 43.1 Å². The molecule has 0 nitrogen and oxygen atoms in total. The van der Waals surface area contributed by atoms with Crippen LogP contribution in [0.2, 0.25) is 0 Å². The molecule has 7 aromatic carbocycles. The molecule has 0 unspecified atom stereocenters. The van der Waals surface area contributed by atoms with Gasteiger partial charge in [-0.15, -0.1) is 0 Å². The van der Waals surface area contributed by atoms with Crippen LogP contribution < -0.4 is 0 Å². The van der Waals surface area contributed by atoms with Crippen LogP contribution in [0.3, 0.4) is 0 Å². The molecular formula is C33H22. The summed E-state index contributed by atoms with van der Waals surface area (Å²) in [5.41, 5.74) is 6.54. The lowest BCUT2D eigenvalue weighted by Crippen LogP contribution is -1.96. The van der Waals surface area contributed by atoms with Gasteiger partial charge in [-0.25, -0.2) is 0 Å². The van der Waals surface area contributed by atoms with Crippen LogP contribution in [0.1, 0.15) is 5.56 Å². The van der Waals surface area contributed by atoms with Gasteiger partial charge in [0.25, 0.3) is 0 Å². The van der Waals surface area contributed by atoms with Crippen LogP contribution >= 0.6 is 0 Å². The Morgan fingerprint density at radius 2 is 0.879 bits per heavy atom. The number of hydrogen-bond acceptors (Lipinski definition) is 0. The van der Waals surface area contributed by atoms with E-state index in [0.717, 1.165) is 0 Å². The first-order valence-electron chi connectivity index (χ1n) is 11.6. The minimum Gasteiger partial charge on any atom is -0.0622 e. The van der Waals surface area contributed by atoms with Crippen LogP contribution in [0.4, 0.5) is 0 Å². The summed E-state index contributed by atoms with van der Waals surface area (Å²) < 4.78 is 0. The molecule has 0 atom stereocenters. The van der Waals surface area contributed by atoms with Crippen molar-refractivity contribution in [1.29, 1.82) is 0 Å². The zero-order valence-electron chi connectivity index (χ0n) is 18.5. The molecule has 0 heterocycles. The molecule has 0 aliphatic rings. The fraction of sp³-hybridized carbons (Fsp3) is 0.0303. The topological polar surface area (TPSA) is 0 Å². The lowest BCUT2D eigenvalue weighted by molar-refractivity contribution is 1.51. The Balaban J connectivity index is 1.86. The van der Waals surface area contributed by atoms with Crippen molar-refractivity contribution in [2.75, 3.05) is 0 Å². The molecule has 154 valence electrons. The van der Waals surface area contributed by atoms with Gasteiger partial charge in [0.15, 0.2) is 0 Å². The zero-order valence-corrected chi connectivity index (χ0v) is 18.5. The van der Waals surface area contributed by atoms with E-state index in [1.165, 1.54) is 70.9 Å². The maximum atomic E-state index is 2.31. The summed E-state index contributed by atoms with van der Waals surface area (Å²) in [4.78, 5) is 0. The number of rotatable bonds is 2. The van der Waals surface area contributed by atoms with Gasteiger partial charge in [-0.1, -0.05) is 115 Å². The van der Waals surface area contributed by atoms with E-state index >= 15 is 0 Å². The third-order valence-corrected chi connectivity index (χ3v) is 7.18. The Kier molecular flexibility index (Phi) is 3.86. The summed E-state index contributed by atoms with van der Waals surface area (Å²) in [7, 11) is 0. The third-order valence-electron chi connectivity index (χ3n) is 7.18. The summed E-state index contributed by atoms with van der Waals surface area (Å²) in [6.07, 6.45) is 0. The van der Waals surface area contributed by atoms with Crippen LogP contribution in [-0.4, -0.2) is 0 Å². The van der Waals surface area contributed by atoms with E-state index in [2.05, 4.69) is 122 Å². The van der Waals surface area contributed by atoms with Crippen molar-refractivity contribution in [3.8, 4) is 22.3 Å². The van der Waals surface area contributed by atoms with E-state index in [1.54, 1.807) is 0 Å². The number of benzene rings is 7. The van der Waals surface area contributed by atoms with E-state index in [0.29, 0.717) is 0 Å². The fourth-order valence-corrected chi connectivity index (χ4v) is 5.83. The van der Waals surface area contributed by atoms with E-state index in [1.807, 2.05) is 0 Å². The first-order chi connectivity index (χ1) is 16.3. The summed E-state index contributed by atoms with van der Waals surface area (Å²) >= 11 is 0. The molecule has 0 bridgehead atoms. The van der Waals surface area contributed by atoms with E-state index in [9.17, 15) is 0 Å². The van der Waals surface area contributed by atoms with Gasteiger partial charge in [0.05, 0.1) is 0 Å². The van der Waals surface area contributed by atoms with E-state index in [4.69, 9.17) is 0 Å². The molecule has 0 fully saturated rings. The van der Waals surface area contributed by atoms with E-state index in [-0.39, 0.29) is 0 Å². The molecule has 7 rings (SSSR count). The van der Waals surface area contributed by atoms with Gasteiger partial charge < -0.3 is 0 Å². The maximum absolute atomic E-state index is 2.31. The SMILES string of the molecule is Cc1c(-c2ccccc2)c(-c2ccccc2)c2c3cccc4cccc(c5cccc1c52)c43. The highest BCUT2D eigenvalue weighted by Gasteiger charge is 2.22. The third kappa shape index (κ3) is 2.52. The summed E-state index contributed by atoms with van der Waals surface area (Å²) in [5.74, 6) is 0. The maximum Gasteiger partial charge on any atom is -0.000766 e. The van der Waals surface area contributed by atoms with Gasteiger partial charge >= 0.3 is 0 Å². The molecule has 0 saturated heterocycles. The Morgan fingerprint density at radius 1 is 0.364 bits per heavy atom. The minimum atomic E-state index is 1.27. The average Bonchev–Trinajstić information content (AvgIpc) is 2.88. The summed E-state index contributed by atoms with van der Waals surface area (Å²) in [5, 5.41) is 10.8. The summed E-state index contributed by atoms with van der Waals surface area (Å²) in [6.45, 7) is 2.29. The minimum absolute atomic E-state index is 1.27. The Hall–Kier alpha value is -4.16. The van der Waals surface area contributed by atoms with Crippen LogP contribution in [0, 0.1) is 6.92 Å². The van der Waals surface area contributed by atoms with Crippen molar-refractivity contribution < 1.29 is 0 Å². The van der Waals surface area contributed by atoms with Crippen molar-refractivity contribution in [2.24, 2.45) is 0 Å². The largest absolute Gasteiger partial charge is 0.0622 e. The molecule has 0 spiro atoms. The van der Waals surface area contributed by atoms with Crippen LogP contribution in [0.5, 0.6) is 0 Å². The lowest BCUT2D eigenvalue weighted by atomic mass is 9.80. The monoisotopic (exact) mass is 418 g/mol. The zero-order chi connectivity index (χ0) is 21.9. The Labute approximate surface area is 193 Å². The number of hydrogen-bond donors (Lipinski definition) is 0. The molecule has 0 saturated carbocycles. The van der Waals surface area contributed by atoms with Gasteiger partial charge in [-0.2, -0.15) is 0 Å². The second-order valence-electron chi connectivity index (χ2n) is 8.92. The first kappa shape index (κ1) is 18.4. The standard InChI is InChI=1S/C33H22/c1-21-25-17-10-19-27-26-18-8-15-23-16-9-20-28(30(23)26)33(32(25)27)31(24-13-6-3-7-14-24)29(21)22-11-4-2-5-12-22/h2-20H,1H3. The van der Waals surface area contributed by atoms with Gasteiger partial charge in [0, 0.05) is 0 Å². The summed E-state index contributed by atoms with van der Waals surface area (Å²) in [6, 6.07) is 42.1. The van der Waals surface area contributed by atoms with Crippen LogP contribution in [-0.2, 0) is 0 Å². The molecule has 0 aromatic heterocycles. The van der Waals surface area contributed by atoms with Gasteiger partial charge in [0.2, 0.25) is 0 Å².